The molecule has 4 nitrogen and oxygen atoms in total. The number of hydrogen-bond donors (Lipinski definition) is 1. The first-order chi connectivity index (χ1) is 5.57. The molecule has 0 aliphatic carbocycles. The highest BCUT2D eigenvalue weighted by atomic mass is 19.1. The van der Waals surface area contributed by atoms with Crippen LogP contribution in [0.25, 0.3) is 0 Å². The van der Waals surface area contributed by atoms with Crippen LogP contribution in [-0.4, -0.2) is 29.8 Å². The smallest absolute Gasteiger partial charge is 0.340 e. The molecule has 5 heteroatoms. The molecule has 0 aliphatic rings. The van der Waals surface area contributed by atoms with Crippen molar-refractivity contribution in [2.75, 3.05) is 6.61 Å². The molecule has 0 spiro atoms. The van der Waals surface area contributed by atoms with E-state index in [0.29, 0.717) is 0 Å². The minimum atomic E-state index is -1.82. The average molecular weight is 178 g/mol. The van der Waals surface area contributed by atoms with Crippen molar-refractivity contribution in [1.82, 2.24) is 0 Å². The van der Waals surface area contributed by atoms with Gasteiger partial charge in [-0.15, -0.1) is 0 Å². The molecule has 0 heterocycles. The summed E-state index contributed by atoms with van der Waals surface area (Å²) in [6.07, 6.45) is -2.50. The van der Waals surface area contributed by atoms with Gasteiger partial charge in [-0.2, -0.15) is 0 Å². The fourth-order valence-electron chi connectivity index (χ4n) is 0.601. The van der Waals surface area contributed by atoms with E-state index in [1.807, 2.05) is 0 Å². The van der Waals surface area contributed by atoms with Crippen molar-refractivity contribution in [1.29, 1.82) is 0 Å². The van der Waals surface area contributed by atoms with Crippen LogP contribution in [0.2, 0.25) is 0 Å². The van der Waals surface area contributed by atoms with Crippen LogP contribution >= 0.6 is 0 Å². The molecule has 0 saturated carbocycles. The van der Waals surface area contributed by atoms with Crippen LogP contribution in [0.5, 0.6) is 0 Å². The Labute approximate surface area is 69.3 Å². The Morgan fingerprint density at radius 2 is 2.17 bits per heavy atom. The van der Waals surface area contributed by atoms with Gasteiger partial charge in [-0.3, -0.25) is 4.79 Å². The molecule has 0 aromatic carbocycles. The van der Waals surface area contributed by atoms with Gasteiger partial charge >= 0.3 is 11.9 Å². The Hall–Kier alpha value is -1.13. The second kappa shape index (κ2) is 5.51. The molecule has 0 aromatic heterocycles. The third-order valence-electron chi connectivity index (χ3n) is 1.15. The van der Waals surface area contributed by atoms with Crippen molar-refractivity contribution >= 4 is 11.9 Å². The number of alkyl halides is 1. The van der Waals surface area contributed by atoms with E-state index in [1.54, 1.807) is 6.92 Å². The van der Waals surface area contributed by atoms with Crippen molar-refractivity contribution in [3.8, 4) is 0 Å². The van der Waals surface area contributed by atoms with E-state index < -0.39 is 18.1 Å². The summed E-state index contributed by atoms with van der Waals surface area (Å²) in [7, 11) is 0. The standard InChI is InChI=1S/C7H11FO4/c1-2-12-7(11)5(8)3-4-6(9)10/h5H,2-4H2,1H3,(H,9,10). The first-order valence-corrected chi connectivity index (χ1v) is 3.60. The highest BCUT2D eigenvalue weighted by molar-refractivity contribution is 5.75. The Bertz CT molecular complexity index is 169. The molecule has 1 unspecified atom stereocenters. The molecule has 0 aromatic rings. The van der Waals surface area contributed by atoms with Gasteiger partial charge in [0.2, 0.25) is 0 Å². The maximum Gasteiger partial charge on any atom is 0.340 e. The monoisotopic (exact) mass is 178 g/mol. The Morgan fingerprint density at radius 3 is 2.58 bits per heavy atom. The number of rotatable bonds is 5. The molecule has 0 rings (SSSR count). The van der Waals surface area contributed by atoms with E-state index in [4.69, 9.17) is 5.11 Å². The minimum absolute atomic E-state index is 0.103. The van der Waals surface area contributed by atoms with Crippen LogP contribution < -0.4 is 0 Å². The molecule has 0 amide bonds. The highest BCUT2D eigenvalue weighted by Crippen LogP contribution is 2.04. The summed E-state index contributed by atoms with van der Waals surface area (Å²) >= 11 is 0. The Morgan fingerprint density at radius 1 is 1.58 bits per heavy atom. The average Bonchev–Trinajstić information content (AvgIpc) is 2.00. The fourth-order valence-corrected chi connectivity index (χ4v) is 0.601. The third-order valence-corrected chi connectivity index (χ3v) is 1.15. The molecule has 0 radical (unpaired) electrons. The van der Waals surface area contributed by atoms with Gasteiger partial charge in [-0.1, -0.05) is 0 Å². The zero-order chi connectivity index (χ0) is 9.56. The van der Waals surface area contributed by atoms with Crippen molar-refractivity contribution in [2.24, 2.45) is 0 Å². The number of carbonyl (C=O) groups is 2. The quantitative estimate of drug-likeness (QED) is 0.631. The molecule has 0 bridgehead atoms. The van der Waals surface area contributed by atoms with Crippen LogP contribution in [0.15, 0.2) is 0 Å². The van der Waals surface area contributed by atoms with Crippen LogP contribution in [0, 0.1) is 0 Å². The summed E-state index contributed by atoms with van der Waals surface area (Å²) in [5.74, 6) is -2.11. The van der Waals surface area contributed by atoms with E-state index in [0.717, 1.165) is 0 Å². The molecule has 0 aliphatic heterocycles. The number of esters is 1. The fraction of sp³-hybridized carbons (Fsp3) is 0.714. The predicted octanol–water partition coefficient (Wildman–Crippen LogP) is 0.752. The van der Waals surface area contributed by atoms with Gasteiger partial charge < -0.3 is 9.84 Å². The molecule has 70 valence electrons. The minimum Gasteiger partial charge on any atom is -0.481 e. The predicted molar refractivity (Wildman–Crippen MR) is 38.4 cm³/mol. The Kier molecular flexibility index (Phi) is 4.99. The zero-order valence-corrected chi connectivity index (χ0v) is 6.75. The molecule has 12 heavy (non-hydrogen) atoms. The lowest BCUT2D eigenvalue weighted by Crippen LogP contribution is -2.19. The van der Waals surface area contributed by atoms with Crippen molar-refractivity contribution in [2.45, 2.75) is 25.9 Å². The van der Waals surface area contributed by atoms with E-state index in [9.17, 15) is 14.0 Å². The van der Waals surface area contributed by atoms with Crippen LogP contribution in [0.4, 0.5) is 4.39 Å². The lowest BCUT2D eigenvalue weighted by molar-refractivity contribution is -0.149. The molecule has 0 saturated heterocycles. The van der Waals surface area contributed by atoms with Gasteiger partial charge in [0.15, 0.2) is 6.17 Å². The van der Waals surface area contributed by atoms with Crippen LogP contribution in [0.1, 0.15) is 19.8 Å². The molecule has 1 atom stereocenters. The second-order valence-corrected chi connectivity index (χ2v) is 2.15. The van der Waals surface area contributed by atoms with Crippen molar-refractivity contribution < 1.29 is 23.8 Å². The van der Waals surface area contributed by atoms with Crippen molar-refractivity contribution in [3.63, 3.8) is 0 Å². The van der Waals surface area contributed by atoms with Gasteiger partial charge in [-0.25, -0.2) is 9.18 Å². The number of hydrogen-bond acceptors (Lipinski definition) is 3. The summed E-state index contributed by atoms with van der Waals surface area (Å²) < 4.78 is 16.9. The number of carboxylic acid groups (broad SMARTS) is 1. The van der Waals surface area contributed by atoms with E-state index >= 15 is 0 Å². The van der Waals surface area contributed by atoms with E-state index in [2.05, 4.69) is 4.74 Å². The number of halogens is 1. The molecular formula is C7H11FO4. The summed E-state index contributed by atoms with van der Waals surface area (Å²) in [5, 5.41) is 8.16. The van der Waals surface area contributed by atoms with Crippen LogP contribution in [0.3, 0.4) is 0 Å². The first kappa shape index (κ1) is 10.9. The lowest BCUT2D eigenvalue weighted by Gasteiger charge is -2.04. The molecule has 0 fully saturated rings. The molecular weight excluding hydrogens is 167 g/mol. The van der Waals surface area contributed by atoms with Gasteiger partial charge in [0.1, 0.15) is 0 Å². The number of ether oxygens (including phenoxy) is 1. The van der Waals surface area contributed by atoms with Gasteiger partial charge in [0.25, 0.3) is 0 Å². The van der Waals surface area contributed by atoms with Gasteiger partial charge in [-0.05, 0) is 13.3 Å². The van der Waals surface area contributed by atoms with Gasteiger partial charge in [0.05, 0.1) is 6.61 Å². The largest absolute Gasteiger partial charge is 0.481 e. The number of aliphatic carboxylic acids is 1. The van der Waals surface area contributed by atoms with E-state index in [1.165, 1.54) is 0 Å². The summed E-state index contributed by atoms with van der Waals surface area (Å²) in [4.78, 5) is 20.5. The van der Waals surface area contributed by atoms with Crippen molar-refractivity contribution in [3.05, 3.63) is 0 Å². The van der Waals surface area contributed by atoms with Crippen LogP contribution in [-0.2, 0) is 14.3 Å². The summed E-state index contributed by atoms with van der Waals surface area (Å²) in [6, 6.07) is 0. The number of carbonyl (C=O) groups excluding carboxylic acids is 1. The Balaban J connectivity index is 3.63. The third kappa shape index (κ3) is 4.65. The number of carboxylic acids is 1. The maximum absolute atomic E-state index is 12.6. The summed E-state index contributed by atoms with van der Waals surface area (Å²) in [5.41, 5.74) is 0. The first-order valence-electron chi connectivity index (χ1n) is 3.60. The SMILES string of the molecule is CCOC(=O)C(F)CCC(=O)O. The topological polar surface area (TPSA) is 63.6 Å². The lowest BCUT2D eigenvalue weighted by atomic mass is 10.2. The van der Waals surface area contributed by atoms with Gasteiger partial charge in [0, 0.05) is 6.42 Å². The zero-order valence-electron chi connectivity index (χ0n) is 6.75. The summed E-state index contributed by atoms with van der Waals surface area (Å²) in [6.45, 7) is 1.66. The molecule has 1 N–H and O–H groups in total. The highest BCUT2D eigenvalue weighted by Gasteiger charge is 2.19. The maximum atomic E-state index is 12.6. The normalized spacial score (nSPS) is 12.2. The second-order valence-electron chi connectivity index (χ2n) is 2.15. The van der Waals surface area contributed by atoms with E-state index in [-0.39, 0.29) is 19.4 Å².